The van der Waals surface area contributed by atoms with Crippen molar-refractivity contribution < 1.29 is 0 Å². The Morgan fingerprint density at radius 3 is 1.94 bits per heavy atom. The summed E-state index contributed by atoms with van der Waals surface area (Å²) in [6.45, 7) is 15.5. The van der Waals surface area contributed by atoms with Gasteiger partial charge in [0.1, 0.15) is 0 Å². The lowest BCUT2D eigenvalue weighted by Crippen LogP contribution is -2.42. The molecule has 0 saturated carbocycles. The first kappa shape index (κ1) is 14.4. The van der Waals surface area contributed by atoms with Crippen molar-refractivity contribution in [2.24, 2.45) is 16.7 Å². The lowest BCUT2D eigenvalue weighted by Gasteiger charge is -2.41. The molecule has 0 aliphatic carbocycles. The van der Waals surface area contributed by atoms with Gasteiger partial charge < -0.3 is 4.90 Å². The van der Waals surface area contributed by atoms with Gasteiger partial charge in [-0.2, -0.15) is 12.6 Å². The van der Waals surface area contributed by atoms with Crippen LogP contribution in [0.2, 0.25) is 0 Å². The van der Waals surface area contributed by atoms with Crippen molar-refractivity contribution in [3.05, 3.63) is 0 Å². The van der Waals surface area contributed by atoms with Crippen LogP contribution in [0.5, 0.6) is 0 Å². The summed E-state index contributed by atoms with van der Waals surface area (Å²) in [6, 6.07) is 0. The third-order valence-electron chi connectivity index (χ3n) is 3.89. The monoisotopic (exact) mass is 243 g/mol. The molecule has 1 nitrogen and oxygen atoms in total. The summed E-state index contributed by atoms with van der Waals surface area (Å²) in [7, 11) is 0. The van der Waals surface area contributed by atoms with Crippen LogP contribution in [0, 0.1) is 16.7 Å². The van der Waals surface area contributed by atoms with E-state index in [0.29, 0.717) is 10.8 Å². The van der Waals surface area contributed by atoms with Crippen molar-refractivity contribution in [3.8, 4) is 0 Å². The Labute approximate surface area is 107 Å². The van der Waals surface area contributed by atoms with E-state index in [2.05, 4.69) is 52.1 Å². The third kappa shape index (κ3) is 4.29. The summed E-state index contributed by atoms with van der Waals surface area (Å²) in [6.07, 6.45) is 2.73. The Hall–Kier alpha value is 0.310. The zero-order valence-corrected chi connectivity index (χ0v) is 12.6. The van der Waals surface area contributed by atoms with Crippen molar-refractivity contribution in [1.29, 1.82) is 0 Å². The van der Waals surface area contributed by atoms with Crippen LogP contribution in [-0.4, -0.2) is 30.3 Å². The van der Waals surface area contributed by atoms with Gasteiger partial charge in [-0.3, -0.25) is 0 Å². The van der Waals surface area contributed by atoms with E-state index in [4.69, 9.17) is 0 Å². The zero-order chi connectivity index (χ0) is 12.4. The van der Waals surface area contributed by atoms with Gasteiger partial charge in [0.15, 0.2) is 0 Å². The second-order valence-corrected chi connectivity index (χ2v) is 7.56. The molecule has 0 atom stereocenters. The second-order valence-electron chi connectivity index (χ2n) is 7.24. The number of hydrogen-bond donors (Lipinski definition) is 1. The summed E-state index contributed by atoms with van der Waals surface area (Å²) < 4.78 is 0. The van der Waals surface area contributed by atoms with Crippen molar-refractivity contribution in [2.45, 2.75) is 47.5 Å². The van der Waals surface area contributed by atoms with Gasteiger partial charge in [0, 0.05) is 6.54 Å². The van der Waals surface area contributed by atoms with E-state index in [0.717, 1.165) is 11.7 Å². The van der Waals surface area contributed by atoms with Crippen molar-refractivity contribution in [2.75, 3.05) is 25.4 Å². The topological polar surface area (TPSA) is 3.24 Å². The van der Waals surface area contributed by atoms with Crippen LogP contribution >= 0.6 is 12.6 Å². The van der Waals surface area contributed by atoms with Gasteiger partial charge in [-0.15, -0.1) is 0 Å². The van der Waals surface area contributed by atoms with Crippen LogP contribution in [0.1, 0.15) is 47.5 Å². The first-order valence-electron chi connectivity index (χ1n) is 6.58. The molecule has 16 heavy (non-hydrogen) atoms. The molecule has 96 valence electrons. The molecule has 2 heteroatoms. The molecule has 1 aliphatic heterocycles. The predicted octanol–water partition coefficient (Wildman–Crippen LogP) is 3.70. The SMILES string of the molecule is CC(C)(CS)CN1CCC(C(C)(C)C)CC1. The summed E-state index contributed by atoms with van der Waals surface area (Å²) in [4.78, 5) is 2.62. The number of thiol groups is 1. The molecule has 1 rings (SSSR count). The van der Waals surface area contributed by atoms with Gasteiger partial charge in [-0.25, -0.2) is 0 Å². The van der Waals surface area contributed by atoms with Gasteiger partial charge in [0.2, 0.25) is 0 Å². The smallest absolute Gasteiger partial charge is 0.00405 e. The van der Waals surface area contributed by atoms with E-state index in [1.54, 1.807) is 0 Å². The van der Waals surface area contributed by atoms with Gasteiger partial charge in [0.25, 0.3) is 0 Å². The lowest BCUT2D eigenvalue weighted by atomic mass is 9.75. The zero-order valence-electron chi connectivity index (χ0n) is 11.7. The van der Waals surface area contributed by atoms with Crippen LogP contribution in [0.4, 0.5) is 0 Å². The number of hydrogen-bond acceptors (Lipinski definition) is 2. The minimum absolute atomic E-state index is 0.359. The highest BCUT2D eigenvalue weighted by molar-refractivity contribution is 7.80. The van der Waals surface area contributed by atoms with Crippen molar-refractivity contribution >= 4 is 12.6 Å². The molecule has 1 fully saturated rings. The standard InChI is InChI=1S/C14H29NS/c1-13(2,3)12-6-8-15(9-7-12)10-14(4,5)11-16/h12,16H,6-11H2,1-5H3. The maximum atomic E-state index is 4.44. The predicted molar refractivity (Wildman–Crippen MR) is 76.3 cm³/mol. The van der Waals surface area contributed by atoms with E-state index in [1.807, 2.05) is 0 Å². The molecule has 0 bridgehead atoms. The van der Waals surface area contributed by atoms with Crippen LogP contribution in [0.25, 0.3) is 0 Å². The van der Waals surface area contributed by atoms with E-state index in [9.17, 15) is 0 Å². The summed E-state index contributed by atoms with van der Waals surface area (Å²) in [5.74, 6) is 1.88. The fourth-order valence-corrected chi connectivity index (χ4v) is 2.71. The van der Waals surface area contributed by atoms with Gasteiger partial charge in [-0.1, -0.05) is 34.6 Å². The highest BCUT2D eigenvalue weighted by Gasteiger charge is 2.30. The molecule has 0 spiro atoms. The molecule has 0 unspecified atom stereocenters. The minimum Gasteiger partial charge on any atom is -0.303 e. The van der Waals surface area contributed by atoms with Crippen LogP contribution in [0.3, 0.4) is 0 Å². The molecular formula is C14H29NS. The largest absolute Gasteiger partial charge is 0.303 e. The average molecular weight is 243 g/mol. The molecule has 1 heterocycles. The molecule has 0 aromatic heterocycles. The van der Waals surface area contributed by atoms with Gasteiger partial charge >= 0.3 is 0 Å². The quantitative estimate of drug-likeness (QED) is 0.740. The molecule has 0 N–H and O–H groups in total. The van der Waals surface area contributed by atoms with Crippen molar-refractivity contribution in [3.63, 3.8) is 0 Å². The van der Waals surface area contributed by atoms with E-state index in [-0.39, 0.29) is 0 Å². The lowest BCUT2D eigenvalue weighted by molar-refractivity contribution is 0.0900. The van der Waals surface area contributed by atoms with E-state index < -0.39 is 0 Å². The number of likely N-dealkylation sites (tertiary alicyclic amines) is 1. The summed E-state index contributed by atoms with van der Waals surface area (Å²) in [5, 5.41) is 0. The number of piperidine rings is 1. The summed E-state index contributed by atoms with van der Waals surface area (Å²) in [5.41, 5.74) is 0.850. The molecule has 0 aromatic carbocycles. The molecule has 1 aliphatic rings. The number of nitrogens with zero attached hydrogens (tertiary/aromatic N) is 1. The average Bonchev–Trinajstić information content (AvgIpc) is 2.16. The first-order valence-corrected chi connectivity index (χ1v) is 7.21. The Bertz CT molecular complexity index is 209. The van der Waals surface area contributed by atoms with E-state index in [1.165, 1.54) is 32.5 Å². The Morgan fingerprint density at radius 1 is 1.06 bits per heavy atom. The molecule has 0 amide bonds. The Balaban J connectivity index is 2.38. The molecular weight excluding hydrogens is 214 g/mol. The minimum atomic E-state index is 0.359. The second kappa shape index (κ2) is 5.30. The van der Waals surface area contributed by atoms with Crippen LogP contribution in [0.15, 0.2) is 0 Å². The Kier molecular flexibility index (Phi) is 4.76. The van der Waals surface area contributed by atoms with Gasteiger partial charge in [-0.05, 0) is 48.4 Å². The molecule has 0 aromatic rings. The highest BCUT2D eigenvalue weighted by atomic mass is 32.1. The molecule has 1 saturated heterocycles. The maximum Gasteiger partial charge on any atom is 0.00405 e. The normalized spacial score (nSPS) is 21.4. The summed E-state index contributed by atoms with van der Waals surface area (Å²) >= 11 is 4.44. The number of rotatable bonds is 3. The Morgan fingerprint density at radius 2 is 1.56 bits per heavy atom. The molecule has 0 radical (unpaired) electrons. The van der Waals surface area contributed by atoms with Gasteiger partial charge in [0.05, 0.1) is 0 Å². The van der Waals surface area contributed by atoms with Crippen LogP contribution < -0.4 is 0 Å². The van der Waals surface area contributed by atoms with E-state index >= 15 is 0 Å². The van der Waals surface area contributed by atoms with Crippen LogP contribution in [-0.2, 0) is 0 Å². The van der Waals surface area contributed by atoms with Crippen molar-refractivity contribution in [1.82, 2.24) is 4.90 Å². The fraction of sp³-hybridized carbons (Fsp3) is 1.00. The maximum absolute atomic E-state index is 4.44. The first-order chi connectivity index (χ1) is 7.24. The third-order valence-corrected chi connectivity index (χ3v) is 4.75. The fourth-order valence-electron chi connectivity index (χ4n) is 2.61. The highest BCUT2D eigenvalue weighted by Crippen LogP contribution is 2.35.